The molecule has 26 heavy (non-hydrogen) atoms. The van der Waals surface area contributed by atoms with E-state index in [4.69, 9.17) is 22.1 Å². The van der Waals surface area contributed by atoms with Gasteiger partial charge in [0.25, 0.3) is 0 Å². The predicted octanol–water partition coefficient (Wildman–Crippen LogP) is 4.51. The van der Waals surface area contributed by atoms with Gasteiger partial charge in [0.05, 0.1) is 10.7 Å². The van der Waals surface area contributed by atoms with Crippen LogP contribution in [0.3, 0.4) is 0 Å². The Morgan fingerprint density at radius 2 is 1.92 bits per heavy atom. The maximum atomic E-state index is 13.9. The van der Waals surface area contributed by atoms with Crippen molar-refractivity contribution in [3.8, 4) is 5.75 Å². The third-order valence-corrected chi connectivity index (χ3v) is 3.81. The van der Waals surface area contributed by atoms with Crippen molar-refractivity contribution in [2.45, 2.75) is 6.61 Å². The van der Waals surface area contributed by atoms with Gasteiger partial charge in [-0.15, -0.1) is 0 Å². The molecule has 0 aliphatic heterocycles. The van der Waals surface area contributed by atoms with E-state index in [0.29, 0.717) is 22.3 Å². The Labute approximate surface area is 155 Å². The van der Waals surface area contributed by atoms with Crippen LogP contribution >= 0.6 is 11.6 Å². The SMILES string of the molecule is NC(=Nc1ccccc1)Nc1ncccc1OCc1c(F)cccc1Cl. The molecule has 3 aromatic rings. The van der Waals surface area contributed by atoms with E-state index in [1.165, 1.54) is 6.07 Å². The van der Waals surface area contributed by atoms with Crippen molar-refractivity contribution >= 4 is 29.1 Å². The Balaban J connectivity index is 1.75. The summed E-state index contributed by atoms with van der Waals surface area (Å²) in [5.74, 6) is 0.500. The highest BCUT2D eigenvalue weighted by molar-refractivity contribution is 6.31. The van der Waals surface area contributed by atoms with Gasteiger partial charge in [0.1, 0.15) is 12.4 Å². The minimum absolute atomic E-state index is 0.0401. The van der Waals surface area contributed by atoms with E-state index < -0.39 is 5.82 Å². The first-order chi connectivity index (χ1) is 12.6. The Morgan fingerprint density at radius 1 is 1.12 bits per heavy atom. The molecule has 0 radical (unpaired) electrons. The van der Waals surface area contributed by atoms with Crippen LogP contribution in [0.5, 0.6) is 5.75 Å². The fourth-order valence-corrected chi connectivity index (χ4v) is 2.43. The number of rotatable bonds is 5. The van der Waals surface area contributed by atoms with E-state index >= 15 is 0 Å². The summed E-state index contributed by atoms with van der Waals surface area (Å²) in [6.07, 6.45) is 1.58. The highest BCUT2D eigenvalue weighted by atomic mass is 35.5. The Morgan fingerprint density at radius 3 is 2.69 bits per heavy atom. The molecule has 0 amide bonds. The predicted molar refractivity (Wildman–Crippen MR) is 101 cm³/mol. The quantitative estimate of drug-likeness (QED) is 0.512. The number of nitrogens with one attached hydrogen (secondary N) is 1. The van der Waals surface area contributed by atoms with Gasteiger partial charge in [-0.1, -0.05) is 35.9 Å². The van der Waals surface area contributed by atoms with Crippen molar-refractivity contribution in [3.63, 3.8) is 0 Å². The first-order valence-corrected chi connectivity index (χ1v) is 8.18. The molecule has 3 N–H and O–H groups in total. The van der Waals surface area contributed by atoms with Crippen LogP contribution in [0.15, 0.2) is 71.9 Å². The van der Waals surface area contributed by atoms with Gasteiger partial charge in [-0.05, 0) is 36.4 Å². The number of benzene rings is 2. The minimum Gasteiger partial charge on any atom is -0.485 e. The van der Waals surface area contributed by atoms with E-state index in [1.54, 1.807) is 30.5 Å². The molecule has 1 heterocycles. The summed E-state index contributed by atoms with van der Waals surface area (Å²) in [4.78, 5) is 8.44. The first kappa shape index (κ1) is 17.7. The lowest BCUT2D eigenvalue weighted by Gasteiger charge is -2.13. The third kappa shape index (κ3) is 4.49. The summed E-state index contributed by atoms with van der Waals surface area (Å²) in [6, 6.07) is 17.1. The van der Waals surface area contributed by atoms with Crippen molar-refractivity contribution in [2.75, 3.05) is 5.32 Å². The number of anilines is 1. The molecule has 0 bridgehead atoms. The monoisotopic (exact) mass is 370 g/mol. The molecule has 0 aliphatic rings. The molecule has 3 rings (SSSR count). The maximum Gasteiger partial charge on any atom is 0.199 e. The van der Waals surface area contributed by atoms with E-state index in [1.807, 2.05) is 30.3 Å². The number of halogens is 2. The fraction of sp³-hybridized carbons (Fsp3) is 0.0526. The number of ether oxygens (including phenoxy) is 1. The summed E-state index contributed by atoms with van der Waals surface area (Å²) in [5, 5.41) is 3.19. The minimum atomic E-state index is -0.430. The zero-order chi connectivity index (χ0) is 18.4. The number of nitrogens with two attached hydrogens (primary N) is 1. The zero-order valence-corrected chi connectivity index (χ0v) is 14.4. The number of para-hydroxylation sites is 1. The number of aromatic nitrogens is 1. The zero-order valence-electron chi connectivity index (χ0n) is 13.7. The maximum absolute atomic E-state index is 13.9. The van der Waals surface area contributed by atoms with E-state index in [-0.39, 0.29) is 18.1 Å². The average molecular weight is 371 g/mol. The molecular formula is C19H16ClFN4O. The number of hydrogen-bond donors (Lipinski definition) is 2. The third-order valence-electron chi connectivity index (χ3n) is 3.46. The Hall–Kier alpha value is -3.12. The Kier molecular flexibility index (Phi) is 5.66. The van der Waals surface area contributed by atoms with Crippen LogP contribution in [0, 0.1) is 5.82 Å². The van der Waals surface area contributed by atoms with Gasteiger partial charge in [0.15, 0.2) is 17.5 Å². The van der Waals surface area contributed by atoms with Crippen LogP contribution in [0.2, 0.25) is 5.02 Å². The van der Waals surface area contributed by atoms with E-state index in [2.05, 4.69) is 15.3 Å². The number of aliphatic imine (C=N–C) groups is 1. The van der Waals surface area contributed by atoms with Crippen LogP contribution in [0.4, 0.5) is 15.9 Å². The highest BCUT2D eigenvalue weighted by Crippen LogP contribution is 2.25. The smallest absolute Gasteiger partial charge is 0.199 e. The second kappa shape index (κ2) is 8.31. The van der Waals surface area contributed by atoms with Crippen molar-refractivity contribution in [2.24, 2.45) is 10.7 Å². The molecule has 2 aromatic carbocycles. The standard InChI is InChI=1S/C19H16ClFN4O/c20-15-8-4-9-16(21)14(15)12-26-17-10-5-11-23-18(17)25-19(22)24-13-6-2-1-3-7-13/h1-11H,12H2,(H3,22,23,24,25). The van der Waals surface area contributed by atoms with Crippen molar-refractivity contribution in [1.82, 2.24) is 4.98 Å². The molecule has 0 fully saturated rings. The summed E-state index contributed by atoms with van der Waals surface area (Å²) >= 11 is 6.02. The van der Waals surface area contributed by atoms with Crippen LogP contribution < -0.4 is 15.8 Å². The molecular weight excluding hydrogens is 355 g/mol. The number of pyridine rings is 1. The molecule has 1 aromatic heterocycles. The lowest BCUT2D eigenvalue weighted by molar-refractivity contribution is 0.300. The lowest BCUT2D eigenvalue weighted by Crippen LogP contribution is -2.23. The van der Waals surface area contributed by atoms with Gasteiger partial charge in [-0.3, -0.25) is 0 Å². The average Bonchev–Trinajstić information content (AvgIpc) is 2.63. The molecule has 0 unspecified atom stereocenters. The fourth-order valence-electron chi connectivity index (χ4n) is 2.21. The van der Waals surface area contributed by atoms with Gasteiger partial charge >= 0.3 is 0 Å². The summed E-state index contributed by atoms with van der Waals surface area (Å²) < 4.78 is 19.5. The summed E-state index contributed by atoms with van der Waals surface area (Å²) in [6.45, 7) is -0.0401. The van der Waals surface area contributed by atoms with Crippen LogP contribution in [0.25, 0.3) is 0 Å². The Bertz CT molecular complexity index is 898. The molecule has 0 spiro atoms. The van der Waals surface area contributed by atoms with Crippen molar-refractivity contribution in [3.05, 3.63) is 83.3 Å². The second-order valence-corrected chi connectivity index (χ2v) is 5.70. The molecule has 132 valence electrons. The van der Waals surface area contributed by atoms with E-state index in [9.17, 15) is 4.39 Å². The van der Waals surface area contributed by atoms with Gasteiger partial charge < -0.3 is 15.8 Å². The molecule has 5 nitrogen and oxygen atoms in total. The van der Waals surface area contributed by atoms with Crippen molar-refractivity contribution < 1.29 is 9.13 Å². The van der Waals surface area contributed by atoms with Crippen LogP contribution in [-0.2, 0) is 6.61 Å². The topological polar surface area (TPSA) is 72.5 Å². The van der Waals surface area contributed by atoms with Gasteiger partial charge in [-0.25, -0.2) is 14.4 Å². The highest BCUT2D eigenvalue weighted by Gasteiger charge is 2.11. The molecule has 7 heteroatoms. The lowest BCUT2D eigenvalue weighted by atomic mass is 10.2. The first-order valence-electron chi connectivity index (χ1n) is 7.80. The molecule has 0 saturated heterocycles. The molecule has 0 atom stereocenters. The summed E-state index contributed by atoms with van der Waals surface area (Å²) in [7, 11) is 0. The van der Waals surface area contributed by atoms with Gasteiger partial charge in [0, 0.05) is 11.8 Å². The second-order valence-electron chi connectivity index (χ2n) is 5.30. The largest absolute Gasteiger partial charge is 0.485 e. The van der Waals surface area contributed by atoms with E-state index in [0.717, 1.165) is 0 Å². The van der Waals surface area contributed by atoms with Crippen LogP contribution in [0.1, 0.15) is 5.56 Å². The van der Waals surface area contributed by atoms with Crippen molar-refractivity contribution in [1.29, 1.82) is 0 Å². The number of hydrogen-bond acceptors (Lipinski definition) is 3. The van der Waals surface area contributed by atoms with Gasteiger partial charge in [-0.2, -0.15) is 0 Å². The molecule has 0 aliphatic carbocycles. The number of guanidine groups is 1. The number of nitrogens with zero attached hydrogens (tertiary/aromatic N) is 2. The normalized spacial score (nSPS) is 11.2. The molecule has 0 saturated carbocycles. The van der Waals surface area contributed by atoms with Crippen LogP contribution in [-0.4, -0.2) is 10.9 Å². The summed E-state index contributed by atoms with van der Waals surface area (Å²) in [5.41, 5.74) is 6.90. The van der Waals surface area contributed by atoms with Gasteiger partial charge in [0.2, 0.25) is 0 Å².